The molecule has 1 heterocycles. The fourth-order valence-corrected chi connectivity index (χ4v) is 3.09. The summed E-state index contributed by atoms with van der Waals surface area (Å²) in [7, 11) is 1.70. The fraction of sp³-hybridized carbons (Fsp3) is 0.647. The summed E-state index contributed by atoms with van der Waals surface area (Å²) in [6.45, 7) is 7.99. The zero-order valence-electron chi connectivity index (χ0n) is 13.1. The van der Waals surface area contributed by atoms with Crippen LogP contribution in [0.25, 0.3) is 0 Å². The maximum absolute atomic E-state index is 6.09. The Morgan fingerprint density at radius 3 is 2.80 bits per heavy atom. The number of nitrogens with two attached hydrogens (primary N) is 1. The van der Waals surface area contributed by atoms with E-state index in [1.54, 1.807) is 7.11 Å². The lowest BCUT2D eigenvalue weighted by Crippen LogP contribution is -2.25. The molecular weight excluding hydrogens is 248 g/mol. The molecular formula is C17H28N2O. The highest BCUT2D eigenvalue weighted by molar-refractivity contribution is 5.50. The molecule has 0 aliphatic carbocycles. The van der Waals surface area contributed by atoms with Crippen molar-refractivity contribution < 1.29 is 4.74 Å². The molecule has 112 valence electrons. The van der Waals surface area contributed by atoms with Gasteiger partial charge in [0.05, 0.1) is 7.11 Å². The first-order chi connectivity index (χ1) is 9.60. The summed E-state index contributed by atoms with van der Waals surface area (Å²) in [4.78, 5) is 2.54. The molecule has 1 aliphatic rings. The number of nitrogens with zero attached hydrogens (tertiary/aromatic N) is 1. The van der Waals surface area contributed by atoms with Crippen molar-refractivity contribution >= 4 is 5.69 Å². The quantitative estimate of drug-likeness (QED) is 0.855. The summed E-state index contributed by atoms with van der Waals surface area (Å²) in [5.41, 5.74) is 8.15. The first-order valence-corrected chi connectivity index (χ1v) is 7.75. The van der Waals surface area contributed by atoms with Crippen molar-refractivity contribution in [1.82, 2.24) is 4.90 Å². The van der Waals surface area contributed by atoms with Crippen molar-refractivity contribution in [1.29, 1.82) is 0 Å². The Labute approximate surface area is 123 Å². The third-order valence-corrected chi connectivity index (χ3v) is 4.55. The second-order valence-corrected chi connectivity index (χ2v) is 6.28. The van der Waals surface area contributed by atoms with Crippen molar-refractivity contribution in [3.8, 4) is 5.75 Å². The van der Waals surface area contributed by atoms with Gasteiger partial charge in [0.2, 0.25) is 0 Å². The molecule has 3 nitrogen and oxygen atoms in total. The Balaban J connectivity index is 1.99. The number of methoxy groups -OCH3 is 1. The first kappa shape index (κ1) is 15.2. The van der Waals surface area contributed by atoms with E-state index in [1.807, 2.05) is 12.1 Å². The van der Waals surface area contributed by atoms with Crippen LogP contribution >= 0.6 is 0 Å². The molecule has 1 fully saturated rings. The average Bonchev–Trinajstić information content (AvgIpc) is 2.67. The number of ether oxygens (including phenoxy) is 1. The third kappa shape index (κ3) is 3.89. The summed E-state index contributed by atoms with van der Waals surface area (Å²) >= 11 is 0. The number of hydrogen-bond donors (Lipinski definition) is 1. The van der Waals surface area contributed by atoms with Gasteiger partial charge in [0, 0.05) is 12.2 Å². The number of benzene rings is 1. The molecule has 20 heavy (non-hydrogen) atoms. The molecule has 0 bridgehead atoms. The van der Waals surface area contributed by atoms with Crippen LogP contribution in [-0.4, -0.2) is 25.1 Å². The molecule has 1 saturated heterocycles. The van der Waals surface area contributed by atoms with Gasteiger partial charge in [0.1, 0.15) is 5.75 Å². The smallest absolute Gasteiger partial charge is 0.119 e. The Morgan fingerprint density at radius 2 is 2.10 bits per heavy atom. The Bertz CT molecular complexity index is 431. The van der Waals surface area contributed by atoms with E-state index in [-0.39, 0.29) is 0 Å². The summed E-state index contributed by atoms with van der Waals surface area (Å²) in [6, 6.07) is 5.94. The van der Waals surface area contributed by atoms with E-state index in [1.165, 1.54) is 37.9 Å². The highest BCUT2D eigenvalue weighted by Gasteiger charge is 2.20. The second-order valence-electron chi connectivity index (χ2n) is 6.28. The molecule has 0 amide bonds. The van der Waals surface area contributed by atoms with E-state index in [4.69, 9.17) is 10.5 Å². The predicted octanol–water partition coefficient (Wildman–Crippen LogP) is 3.54. The fourth-order valence-electron chi connectivity index (χ4n) is 3.09. The highest BCUT2D eigenvalue weighted by Crippen LogP contribution is 2.27. The monoisotopic (exact) mass is 276 g/mol. The van der Waals surface area contributed by atoms with Crippen LogP contribution in [0.4, 0.5) is 5.69 Å². The van der Waals surface area contributed by atoms with Gasteiger partial charge in [-0.3, -0.25) is 4.90 Å². The van der Waals surface area contributed by atoms with E-state index >= 15 is 0 Å². The van der Waals surface area contributed by atoms with E-state index in [9.17, 15) is 0 Å². The zero-order valence-corrected chi connectivity index (χ0v) is 13.1. The molecule has 1 aliphatic heterocycles. The Kier molecular flexibility index (Phi) is 5.30. The topological polar surface area (TPSA) is 38.5 Å². The summed E-state index contributed by atoms with van der Waals surface area (Å²) < 4.78 is 5.30. The van der Waals surface area contributed by atoms with Gasteiger partial charge in [-0.15, -0.1) is 0 Å². The lowest BCUT2D eigenvalue weighted by atomic mass is 9.89. The summed E-state index contributed by atoms with van der Waals surface area (Å²) in [5, 5.41) is 0. The second kappa shape index (κ2) is 6.98. The van der Waals surface area contributed by atoms with Crippen LogP contribution in [0.1, 0.15) is 38.7 Å². The highest BCUT2D eigenvalue weighted by atomic mass is 16.5. The van der Waals surface area contributed by atoms with Crippen LogP contribution in [0.5, 0.6) is 5.75 Å². The minimum Gasteiger partial charge on any atom is -0.497 e. The van der Waals surface area contributed by atoms with Crippen LogP contribution in [0, 0.1) is 11.8 Å². The van der Waals surface area contributed by atoms with E-state index < -0.39 is 0 Å². The van der Waals surface area contributed by atoms with Crippen LogP contribution in [-0.2, 0) is 6.54 Å². The standard InChI is InChI=1S/C17H28N2O/c1-13(2)14-5-4-9-19(10-8-14)12-15-11-16(20-3)6-7-17(15)18/h6-7,11,13-14H,4-5,8-10,12,18H2,1-3H3. The van der Waals surface area contributed by atoms with Gasteiger partial charge < -0.3 is 10.5 Å². The van der Waals surface area contributed by atoms with Crippen LogP contribution < -0.4 is 10.5 Å². The van der Waals surface area contributed by atoms with Crippen molar-refractivity contribution in [3.05, 3.63) is 23.8 Å². The molecule has 2 rings (SSSR count). The van der Waals surface area contributed by atoms with E-state index in [0.717, 1.165) is 29.8 Å². The molecule has 1 aromatic rings. The SMILES string of the molecule is COc1ccc(N)c(CN2CCCC(C(C)C)CC2)c1. The lowest BCUT2D eigenvalue weighted by Gasteiger charge is -2.22. The van der Waals surface area contributed by atoms with Gasteiger partial charge in [-0.05, 0) is 68.0 Å². The van der Waals surface area contributed by atoms with Gasteiger partial charge in [-0.2, -0.15) is 0 Å². The lowest BCUT2D eigenvalue weighted by molar-refractivity contribution is 0.265. The minimum atomic E-state index is 0.803. The molecule has 3 heteroatoms. The van der Waals surface area contributed by atoms with Gasteiger partial charge in [0.15, 0.2) is 0 Å². The van der Waals surface area contributed by atoms with Gasteiger partial charge in [0.25, 0.3) is 0 Å². The van der Waals surface area contributed by atoms with Crippen LogP contribution in [0.15, 0.2) is 18.2 Å². The Morgan fingerprint density at radius 1 is 1.30 bits per heavy atom. The molecule has 1 atom stereocenters. The summed E-state index contributed by atoms with van der Waals surface area (Å²) in [6.07, 6.45) is 3.97. The van der Waals surface area contributed by atoms with Crippen LogP contribution in [0.2, 0.25) is 0 Å². The molecule has 1 unspecified atom stereocenters. The third-order valence-electron chi connectivity index (χ3n) is 4.55. The number of anilines is 1. The molecule has 2 N–H and O–H groups in total. The van der Waals surface area contributed by atoms with Gasteiger partial charge >= 0.3 is 0 Å². The molecule has 1 aromatic carbocycles. The molecule has 0 spiro atoms. The zero-order chi connectivity index (χ0) is 14.5. The average molecular weight is 276 g/mol. The maximum atomic E-state index is 6.09. The van der Waals surface area contributed by atoms with E-state index in [2.05, 4.69) is 24.8 Å². The van der Waals surface area contributed by atoms with Crippen molar-refractivity contribution in [2.75, 3.05) is 25.9 Å². The minimum absolute atomic E-state index is 0.803. The van der Waals surface area contributed by atoms with Crippen molar-refractivity contribution in [2.45, 2.75) is 39.7 Å². The number of nitrogen functional groups attached to an aromatic ring is 1. The number of rotatable bonds is 4. The van der Waals surface area contributed by atoms with E-state index in [0.29, 0.717) is 0 Å². The molecule has 0 aromatic heterocycles. The Hall–Kier alpha value is -1.22. The first-order valence-electron chi connectivity index (χ1n) is 7.75. The summed E-state index contributed by atoms with van der Waals surface area (Å²) in [5.74, 6) is 2.57. The molecule has 0 saturated carbocycles. The predicted molar refractivity (Wildman–Crippen MR) is 84.9 cm³/mol. The van der Waals surface area contributed by atoms with Crippen molar-refractivity contribution in [2.24, 2.45) is 11.8 Å². The van der Waals surface area contributed by atoms with Crippen molar-refractivity contribution in [3.63, 3.8) is 0 Å². The largest absolute Gasteiger partial charge is 0.497 e. The van der Waals surface area contributed by atoms with Crippen LogP contribution in [0.3, 0.4) is 0 Å². The van der Waals surface area contributed by atoms with Gasteiger partial charge in [-0.1, -0.05) is 13.8 Å². The number of hydrogen-bond acceptors (Lipinski definition) is 3. The van der Waals surface area contributed by atoms with Gasteiger partial charge in [-0.25, -0.2) is 0 Å². The number of likely N-dealkylation sites (tertiary alicyclic amines) is 1. The normalized spacial score (nSPS) is 20.9. The molecule has 0 radical (unpaired) electrons. The maximum Gasteiger partial charge on any atom is 0.119 e.